The predicted molar refractivity (Wildman–Crippen MR) is 122 cm³/mol. The summed E-state index contributed by atoms with van der Waals surface area (Å²) < 4.78 is 12.8. The molecule has 4 aromatic heterocycles. The zero-order valence-electron chi connectivity index (χ0n) is 18.4. The summed E-state index contributed by atoms with van der Waals surface area (Å²) in [4.78, 5) is 17.2. The Kier molecular flexibility index (Phi) is 4.53. The van der Waals surface area contributed by atoms with Crippen LogP contribution in [0.25, 0.3) is 27.8 Å². The smallest absolute Gasteiger partial charge is 0.229 e. The van der Waals surface area contributed by atoms with Gasteiger partial charge in [-0.05, 0) is 44.7 Å². The monoisotopic (exact) mass is 444 g/mol. The van der Waals surface area contributed by atoms with Crippen LogP contribution in [0.2, 0.25) is 0 Å². The summed E-state index contributed by atoms with van der Waals surface area (Å²) >= 11 is 0. The number of aryl methyl sites for hydroxylation is 1. The van der Waals surface area contributed by atoms with E-state index in [1.165, 1.54) is 6.33 Å². The molecule has 1 saturated carbocycles. The Labute approximate surface area is 189 Å². The first-order valence-electron chi connectivity index (χ1n) is 11.1. The van der Waals surface area contributed by atoms with Gasteiger partial charge in [0.15, 0.2) is 11.6 Å². The molecule has 4 heterocycles. The second-order valence-electron chi connectivity index (χ2n) is 8.56. The van der Waals surface area contributed by atoms with Crippen molar-refractivity contribution in [2.24, 2.45) is 0 Å². The van der Waals surface area contributed by atoms with Crippen LogP contribution in [0.1, 0.15) is 55.1 Å². The first kappa shape index (κ1) is 19.7. The van der Waals surface area contributed by atoms with Crippen molar-refractivity contribution >= 4 is 22.2 Å². The Bertz CT molecular complexity index is 1460. The summed E-state index contributed by atoms with van der Waals surface area (Å²) in [6, 6.07) is 8.00. The van der Waals surface area contributed by atoms with Crippen molar-refractivity contribution in [2.75, 3.05) is 12.8 Å². The van der Waals surface area contributed by atoms with Crippen LogP contribution in [0, 0.1) is 6.92 Å². The molecule has 5 aromatic rings. The topological polar surface area (TPSA) is 133 Å². The zero-order valence-corrected chi connectivity index (χ0v) is 18.4. The molecule has 10 nitrogen and oxygen atoms in total. The summed E-state index contributed by atoms with van der Waals surface area (Å²) in [5.74, 6) is 4.03. The van der Waals surface area contributed by atoms with Crippen molar-refractivity contribution in [1.82, 2.24) is 34.7 Å². The number of nitrogen functional groups attached to an aromatic ring is 1. The average Bonchev–Trinajstić information content (AvgIpc) is 3.55. The number of fused-ring (bicyclic) bond motifs is 2. The molecule has 0 unspecified atom stereocenters. The van der Waals surface area contributed by atoms with E-state index in [1.807, 2.05) is 29.6 Å². The van der Waals surface area contributed by atoms with E-state index < -0.39 is 0 Å². The van der Waals surface area contributed by atoms with E-state index in [4.69, 9.17) is 20.0 Å². The van der Waals surface area contributed by atoms with Crippen LogP contribution in [-0.4, -0.2) is 41.8 Å². The summed E-state index contributed by atoms with van der Waals surface area (Å²) in [5.41, 5.74) is 9.55. The van der Waals surface area contributed by atoms with Crippen LogP contribution in [0.3, 0.4) is 0 Å². The highest BCUT2D eigenvalue weighted by Crippen LogP contribution is 2.41. The maximum absolute atomic E-state index is 6.31. The van der Waals surface area contributed by atoms with Crippen LogP contribution < -0.4 is 10.5 Å². The molecule has 33 heavy (non-hydrogen) atoms. The number of aromatic amines is 1. The van der Waals surface area contributed by atoms with E-state index in [9.17, 15) is 0 Å². The molecule has 6 rings (SSSR count). The lowest BCUT2D eigenvalue weighted by molar-refractivity contribution is 0.296. The molecule has 0 spiro atoms. The lowest BCUT2D eigenvalue weighted by Gasteiger charge is -2.25. The Morgan fingerprint density at radius 1 is 1.15 bits per heavy atom. The zero-order chi connectivity index (χ0) is 22.5. The molecular formula is C23H24N8O2. The molecule has 0 radical (unpaired) electrons. The molecule has 0 aliphatic heterocycles. The number of anilines is 1. The minimum absolute atomic E-state index is 0.250. The maximum atomic E-state index is 6.31. The summed E-state index contributed by atoms with van der Waals surface area (Å²) in [5, 5.41) is 9.50. The van der Waals surface area contributed by atoms with E-state index in [0.29, 0.717) is 17.2 Å². The number of nitrogens with one attached hydrogen (secondary N) is 1. The molecule has 1 fully saturated rings. The van der Waals surface area contributed by atoms with Gasteiger partial charge in [0.1, 0.15) is 29.1 Å². The van der Waals surface area contributed by atoms with Gasteiger partial charge < -0.3 is 20.0 Å². The minimum atomic E-state index is 0.250. The molecule has 0 bridgehead atoms. The molecule has 168 valence electrons. The van der Waals surface area contributed by atoms with Crippen molar-refractivity contribution in [3.05, 3.63) is 48.1 Å². The van der Waals surface area contributed by atoms with Crippen LogP contribution in [-0.2, 0) is 0 Å². The van der Waals surface area contributed by atoms with Crippen molar-refractivity contribution in [1.29, 1.82) is 0 Å². The van der Waals surface area contributed by atoms with Gasteiger partial charge in [0.25, 0.3) is 0 Å². The van der Waals surface area contributed by atoms with Gasteiger partial charge in [-0.15, -0.1) is 0 Å². The van der Waals surface area contributed by atoms with Gasteiger partial charge in [-0.1, -0.05) is 17.3 Å². The third kappa shape index (κ3) is 3.21. The highest BCUT2D eigenvalue weighted by atomic mass is 16.5. The number of benzene rings is 1. The van der Waals surface area contributed by atoms with Gasteiger partial charge in [-0.25, -0.2) is 14.5 Å². The number of para-hydroxylation sites is 1. The quantitative estimate of drug-likeness (QED) is 0.425. The highest BCUT2D eigenvalue weighted by Gasteiger charge is 2.31. The van der Waals surface area contributed by atoms with E-state index in [0.717, 1.165) is 65.4 Å². The molecule has 1 aliphatic carbocycles. The SMILES string of the molecule is COc1cccc2cc(-c3nc(C4CCC(c5nc(C)no5)CC4)n4ncnc(N)c34)[nH]c12. The van der Waals surface area contributed by atoms with Crippen LogP contribution in [0.4, 0.5) is 5.82 Å². The first-order valence-corrected chi connectivity index (χ1v) is 11.1. The fourth-order valence-corrected chi connectivity index (χ4v) is 4.93. The molecule has 3 N–H and O–H groups in total. The Morgan fingerprint density at radius 3 is 2.73 bits per heavy atom. The number of rotatable bonds is 4. The number of ether oxygens (including phenoxy) is 1. The standard InChI is InChI=1S/C23H24N8O2/c1-12-27-23(33-30-12)14-8-6-13(7-9-14)22-29-19(20-21(24)25-11-26-31(20)22)16-10-15-4-3-5-17(32-2)18(15)28-16/h3-5,10-11,13-14,28H,6-9H2,1-2H3,(H2,24,25,26). The molecule has 0 saturated heterocycles. The molecule has 1 aromatic carbocycles. The van der Waals surface area contributed by atoms with Gasteiger partial charge in [-0.2, -0.15) is 10.1 Å². The maximum Gasteiger partial charge on any atom is 0.229 e. The number of methoxy groups -OCH3 is 1. The van der Waals surface area contributed by atoms with Crippen molar-refractivity contribution in [3.63, 3.8) is 0 Å². The first-order chi connectivity index (χ1) is 16.1. The van der Waals surface area contributed by atoms with Gasteiger partial charge >= 0.3 is 0 Å². The fourth-order valence-electron chi connectivity index (χ4n) is 4.93. The normalized spacial score (nSPS) is 18.8. The fraction of sp³-hybridized carbons (Fsp3) is 0.348. The number of nitrogens with two attached hydrogens (primary N) is 1. The van der Waals surface area contributed by atoms with Crippen LogP contribution in [0.15, 0.2) is 35.1 Å². The highest BCUT2D eigenvalue weighted by molar-refractivity contribution is 5.93. The summed E-state index contributed by atoms with van der Waals surface area (Å²) in [6.07, 6.45) is 5.31. The van der Waals surface area contributed by atoms with E-state index in [1.54, 1.807) is 7.11 Å². The van der Waals surface area contributed by atoms with E-state index >= 15 is 0 Å². The Balaban J connectivity index is 1.39. The van der Waals surface area contributed by atoms with Crippen molar-refractivity contribution in [2.45, 2.75) is 44.4 Å². The number of aromatic nitrogens is 7. The summed E-state index contributed by atoms with van der Waals surface area (Å²) in [7, 11) is 1.66. The molecule has 0 amide bonds. The number of H-pyrrole nitrogens is 1. The number of hydrogen-bond acceptors (Lipinski definition) is 8. The predicted octanol–water partition coefficient (Wildman–Crippen LogP) is 4.00. The lowest BCUT2D eigenvalue weighted by atomic mass is 9.81. The number of nitrogens with zero attached hydrogens (tertiary/aromatic N) is 6. The van der Waals surface area contributed by atoms with Gasteiger partial charge in [0, 0.05) is 17.2 Å². The molecule has 10 heteroatoms. The van der Waals surface area contributed by atoms with Crippen LogP contribution in [0.5, 0.6) is 5.75 Å². The third-order valence-electron chi connectivity index (χ3n) is 6.56. The minimum Gasteiger partial charge on any atom is -0.495 e. The van der Waals surface area contributed by atoms with E-state index in [-0.39, 0.29) is 11.8 Å². The van der Waals surface area contributed by atoms with Gasteiger partial charge in [0.05, 0.1) is 18.3 Å². The van der Waals surface area contributed by atoms with Crippen LogP contribution >= 0.6 is 0 Å². The van der Waals surface area contributed by atoms with Crippen molar-refractivity contribution < 1.29 is 9.26 Å². The third-order valence-corrected chi connectivity index (χ3v) is 6.56. The van der Waals surface area contributed by atoms with Gasteiger partial charge in [-0.3, -0.25) is 0 Å². The second kappa shape index (κ2) is 7.58. The number of imidazole rings is 1. The van der Waals surface area contributed by atoms with Gasteiger partial charge in [0.2, 0.25) is 5.89 Å². The summed E-state index contributed by atoms with van der Waals surface area (Å²) in [6.45, 7) is 1.85. The molecular weight excluding hydrogens is 420 g/mol. The lowest BCUT2D eigenvalue weighted by Crippen LogP contribution is -2.15. The van der Waals surface area contributed by atoms with Crippen molar-refractivity contribution in [3.8, 4) is 17.1 Å². The number of hydrogen-bond donors (Lipinski definition) is 2. The average molecular weight is 444 g/mol. The van der Waals surface area contributed by atoms with E-state index in [2.05, 4.69) is 31.3 Å². The second-order valence-corrected chi connectivity index (χ2v) is 8.56. The Hall–Kier alpha value is -3.95. The molecule has 0 atom stereocenters. The largest absolute Gasteiger partial charge is 0.495 e. The Morgan fingerprint density at radius 2 is 1.97 bits per heavy atom. The molecule has 1 aliphatic rings.